The Bertz CT molecular complexity index is 434. The van der Waals surface area contributed by atoms with E-state index in [-0.39, 0.29) is 6.04 Å². The van der Waals surface area contributed by atoms with Crippen molar-refractivity contribution in [2.24, 2.45) is 5.73 Å². The van der Waals surface area contributed by atoms with Gasteiger partial charge in [-0.3, -0.25) is 0 Å². The lowest BCUT2D eigenvalue weighted by Gasteiger charge is -2.15. The van der Waals surface area contributed by atoms with Crippen molar-refractivity contribution in [2.75, 3.05) is 6.61 Å². The topological polar surface area (TPSA) is 35.2 Å². The maximum Gasteiger partial charge on any atom is 0.136 e. The molecule has 1 rings (SSSR count). The summed E-state index contributed by atoms with van der Waals surface area (Å²) in [6, 6.07) is 6.25. The average molecular weight is 310 g/mol. The molecule has 98 valence electrons. The van der Waals surface area contributed by atoms with Crippen LogP contribution < -0.4 is 10.5 Å². The summed E-state index contributed by atoms with van der Waals surface area (Å²) in [6.07, 6.45) is 2.55. The molecule has 0 aliphatic carbocycles. The zero-order valence-corrected chi connectivity index (χ0v) is 12.6. The fourth-order valence-corrected chi connectivity index (χ4v) is 2.15. The van der Waals surface area contributed by atoms with Gasteiger partial charge in [-0.1, -0.05) is 19.1 Å². The predicted octanol–water partition coefficient (Wildman–Crippen LogP) is 3.52. The third kappa shape index (κ3) is 4.72. The second kappa shape index (κ2) is 8.18. The summed E-state index contributed by atoms with van der Waals surface area (Å²) in [4.78, 5) is 0. The summed E-state index contributed by atoms with van der Waals surface area (Å²) < 4.78 is 6.79. The van der Waals surface area contributed by atoms with E-state index in [9.17, 15) is 0 Å². The van der Waals surface area contributed by atoms with E-state index in [1.165, 1.54) is 0 Å². The second-order valence-electron chi connectivity index (χ2n) is 4.13. The largest absolute Gasteiger partial charge is 0.491 e. The molecule has 18 heavy (non-hydrogen) atoms. The molecule has 0 aliphatic heterocycles. The van der Waals surface area contributed by atoms with Crippen molar-refractivity contribution in [1.82, 2.24) is 0 Å². The van der Waals surface area contributed by atoms with Gasteiger partial charge in [-0.25, -0.2) is 0 Å². The third-order valence-corrected chi connectivity index (χ3v) is 3.33. The van der Waals surface area contributed by atoms with Crippen LogP contribution in [0.1, 0.15) is 32.3 Å². The standard InChI is InChI=1S/C15H20BrNO/c1-3-5-6-10-18-15-12(11-13(17)4-2)8-7-9-14(15)16/h7-9,13H,4,6,10-11,17H2,1-2H3. The number of hydrogen-bond acceptors (Lipinski definition) is 2. The monoisotopic (exact) mass is 309 g/mol. The second-order valence-corrected chi connectivity index (χ2v) is 4.98. The molecule has 0 fully saturated rings. The average Bonchev–Trinajstić information content (AvgIpc) is 2.37. The van der Waals surface area contributed by atoms with E-state index in [1.807, 2.05) is 19.1 Å². The maximum atomic E-state index is 6.01. The number of para-hydroxylation sites is 1. The van der Waals surface area contributed by atoms with Gasteiger partial charge in [0.1, 0.15) is 5.75 Å². The molecule has 0 radical (unpaired) electrons. The number of hydrogen-bond donors (Lipinski definition) is 1. The van der Waals surface area contributed by atoms with Crippen molar-refractivity contribution >= 4 is 15.9 Å². The van der Waals surface area contributed by atoms with Gasteiger partial charge in [0, 0.05) is 12.5 Å². The summed E-state index contributed by atoms with van der Waals surface area (Å²) >= 11 is 3.53. The van der Waals surface area contributed by atoms with Gasteiger partial charge in [-0.15, -0.1) is 11.8 Å². The Labute approximate surface area is 118 Å². The molecule has 1 atom stereocenters. The summed E-state index contributed by atoms with van der Waals surface area (Å²) in [5.41, 5.74) is 7.16. The first-order valence-electron chi connectivity index (χ1n) is 6.24. The van der Waals surface area contributed by atoms with Gasteiger partial charge in [0.2, 0.25) is 0 Å². The van der Waals surface area contributed by atoms with Crippen LogP contribution in [0.5, 0.6) is 5.75 Å². The summed E-state index contributed by atoms with van der Waals surface area (Å²) in [7, 11) is 0. The molecule has 1 aromatic rings. The molecule has 0 bridgehead atoms. The van der Waals surface area contributed by atoms with E-state index in [0.29, 0.717) is 6.61 Å². The molecule has 3 heteroatoms. The molecule has 0 amide bonds. The van der Waals surface area contributed by atoms with Crippen LogP contribution in [0.15, 0.2) is 22.7 Å². The summed E-state index contributed by atoms with van der Waals surface area (Å²) in [5, 5.41) is 0. The fourth-order valence-electron chi connectivity index (χ4n) is 1.63. The normalized spacial score (nSPS) is 11.6. The molecular formula is C15H20BrNO. The van der Waals surface area contributed by atoms with E-state index in [2.05, 4.69) is 40.8 Å². The van der Waals surface area contributed by atoms with Gasteiger partial charge in [0.25, 0.3) is 0 Å². The number of benzene rings is 1. The van der Waals surface area contributed by atoms with Crippen LogP contribution in [-0.2, 0) is 6.42 Å². The Morgan fingerprint density at radius 1 is 1.44 bits per heavy atom. The molecule has 0 spiro atoms. The zero-order chi connectivity index (χ0) is 13.4. The molecule has 1 unspecified atom stereocenters. The predicted molar refractivity (Wildman–Crippen MR) is 79.7 cm³/mol. The van der Waals surface area contributed by atoms with E-state index < -0.39 is 0 Å². The van der Waals surface area contributed by atoms with Crippen LogP contribution in [0, 0.1) is 11.8 Å². The molecule has 2 N–H and O–H groups in total. The Morgan fingerprint density at radius 3 is 2.89 bits per heavy atom. The van der Waals surface area contributed by atoms with Crippen molar-refractivity contribution in [1.29, 1.82) is 0 Å². The van der Waals surface area contributed by atoms with Gasteiger partial charge in [0.05, 0.1) is 11.1 Å². The van der Waals surface area contributed by atoms with Crippen LogP contribution in [0.3, 0.4) is 0 Å². The number of nitrogens with two attached hydrogens (primary N) is 1. The highest BCUT2D eigenvalue weighted by atomic mass is 79.9. The van der Waals surface area contributed by atoms with Gasteiger partial charge < -0.3 is 10.5 Å². The minimum atomic E-state index is 0.178. The van der Waals surface area contributed by atoms with Crippen LogP contribution in [0.2, 0.25) is 0 Å². The Balaban J connectivity index is 2.75. The number of halogens is 1. The Morgan fingerprint density at radius 2 is 2.22 bits per heavy atom. The number of ether oxygens (including phenoxy) is 1. The van der Waals surface area contributed by atoms with Crippen molar-refractivity contribution in [3.63, 3.8) is 0 Å². The molecule has 2 nitrogen and oxygen atoms in total. The summed E-state index contributed by atoms with van der Waals surface area (Å²) in [5.74, 6) is 6.76. The zero-order valence-electron chi connectivity index (χ0n) is 11.0. The van der Waals surface area contributed by atoms with Crippen LogP contribution >= 0.6 is 15.9 Å². The van der Waals surface area contributed by atoms with Gasteiger partial charge >= 0.3 is 0 Å². The summed E-state index contributed by atoms with van der Waals surface area (Å²) in [6.45, 7) is 4.54. The Kier molecular flexibility index (Phi) is 6.85. The molecular weight excluding hydrogens is 290 g/mol. The Hall–Kier alpha value is -0.980. The molecule has 0 saturated heterocycles. The van der Waals surface area contributed by atoms with Gasteiger partial charge in [0.15, 0.2) is 0 Å². The molecule has 1 aromatic carbocycles. The smallest absolute Gasteiger partial charge is 0.136 e. The van der Waals surface area contributed by atoms with Crippen molar-refractivity contribution in [3.05, 3.63) is 28.2 Å². The highest BCUT2D eigenvalue weighted by Crippen LogP contribution is 2.30. The minimum Gasteiger partial charge on any atom is -0.491 e. The van der Waals surface area contributed by atoms with E-state index in [4.69, 9.17) is 10.5 Å². The van der Waals surface area contributed by atoms with Gasteiger partial charge in [-0.05, 0) is 47.3 Å². The SMILES string of the molecule is CC#CCCOc1c(Br)cccc1CC(N)CC. The highest BCUT2D eigenvalue weighted by Gasteiger charge is 2.10. The first-order valence-corrected chi connectivity index (χ1v) is 7.03. The molecule has 0 aliphatic rings. The van der Waals surface area contributed by atoms with Crippen molar-refractivity contribution in [3.8, 4) is 17.6 Å². The fraction of sp³-hybridized carbons (Fsp3) is 0.467. The highest BCUT2D eigenvalue weighted by molar-refractivity contribution is 9.10. The lowest BCUT2D eigenvalue weighted by atomic mass is 10.0. The van der Waals surface area contributed by atoms with Crippen LogP contribution in [-0.4, -0.2) is 12.6 Å². The van der Waals surface area contributed by atoms with E-state index in [0.717, 1.165) is 35.0 Å². The van der Waals surface area contributed by atoms with Crippen LogP contribution in [0.4, 0.5) is 0 Å². The van der Waals surface area contributed by atoms with Gasteiger partial charge in [-0.2, -0.15) is 0 Å². The molecule has 0 saturated carbocycles. The lowest BCUT2D eigenvalue weighted by molar-refractivity contribution is 0.320. The number of rotatable bonds is 6. The first-order chi connectivity index (χ1) is 8.69. The third-order valence-electron chi connectivity index (χ3n) is 2.71. The lowest BCUT2D eigenvalue weighted by Crippen LogP contribution is -2.21. The minimum absolute atomic E-state index is 0.178. The van der Waals surface area contributed by atoms with E-state index >= 15 is 0 Å². The quantitative estimate of drug-likeness (QED) is 0.644. The van der Waals surface area contributed by atoms with Crippen LogP contribution in [0.25, 0.3) is 0 Å². The van der Waals surface area contributed by atoms with Crippen molar-refractivity contribution < 1.29 is 4.74 Å². The van der Waals surface area contributed by atoms with E-state index in [1.54, 1.807) is 0 Å². The maximum absolute atomic E-state index is 6.01. The molecule has 0 heterocycles. The molecule has 0 aromatic heterocycles. The van der Waals surface area contributed by atoms with Crippen molar-refractivity contribution in [2.45, 2.75) is 39.2 Å². The first kappa shape index (κ1) is 15.1.